The number of nitrogens with zero attached hydrogens (tertiary/aromatic N) is 1. The van der Waals surface area contributed by atoms with Crippen molar-refractivity contribution in [3.05, 3.63) is 29.8 Å². The predicted molar refractivity (Wildman–Crippen MR) is 52.9 cm³/mol. The van der Waals surface area contributed by atoms with Crippen LogP contribution in [0.1, 0.15) is 18.9 Å². The number of aliphatic hydroxyl groups is 1. The second-order valence-electron chi connectivity index (χ2n) is 2.97. The van der Waals surface area contributed by atoms with Gasteiger partial charge in [-0.05, 0) is 30.7 Å². The van der Waals surface area contributed by atoms with Crippen molar-refractivity contribution < 1.29 is 9.84 Å². The van der Waals surface area contributed by atoms with Crippen LogP contribution in [0.15, 0.2) is 24.3 Å². The number of hydrogen-bond donors (Lipinski definition) is 1. The third-order valence-corrected chi connectivity index (χ3v) is 1.95. The van der Waals surface area contributed by atoms with Crippen LogP contribution in [0, 0.1) is 11.3 Å². The molecule has 0 aliphatic heterocycles. The van der Waals surface area contributed by atoms with Gasteiger partial charge >= 0.3 is 0 Å². The maximum Gasteiger partial charge on any atom is 0.121 e. The zero-order chi connectivity index (χ0) is 10.4. The lowest BCUT2D eigenvalue weighted by molar-refractivity contribution is 0.112. The summed E-state index contributed by atoms with van der Waals surface area (Å²) in [7, 11) is 0. The van der Waals surface area contributed by atoms with Crippen molar-refractivity contribution in [3.8, 4) is 11.8 Å². The molecule has 0 spiro atoms. The second kappa shape index (κ2) is 5.25. The molecule has 0 aliphatic rings. The van der Waals surface area contributed by atoms with Crippen LogP contribution in [0.25, 0.3) is 0 Å². The van der Waals surface area contributed by atoms with Crippen LogP contribution in [0.4, 0.5) is 0 Å². The van der Waals surface area contributed by atoms with Gasteiger partial charge in [-0.2, -0.15) is 5.26 Å². The number of rotatable bonds is 4. The molecular formula is C11H13NO2. The highest BCUT2D eigenvalue weighted by Gasteiger charge is 2.05. The number of nitriles is 1. The summed E-state index contributed by atoms with van der Waals surface area (Å²) >= 11 is 0. The molecule has 1 aromatic rings. The quantitative estimate of drug-likeness (QED) is 0.788. The van der Waals surface area contributed by atoms with Crippen molar-refractivity contribution in [2.45, 2.75) is 19.4 Å². The molecular weight excluding hydrogens is 178 g/mol. The minimum atomic E-state index is -0.164. The zero-order valence-corrected chi connectivity index (χ0v) is 8.10. The summed E-state index contributed by atoms with van der Waals surface area (Å²) in [6.45, 7) is 1.96. The molecule has 14 heavy (non-hydrogen) atoms. The van der Waals surface area contributed by atoms with Gasteiger partial charge in [-0.15, -0.1) is 0 Å². The van der Waals surface area contributed by atoms with E-state index in [0.717, 1.165) is 6.42 Å². The maximum atomic E-state index is 8.91. The molecule has 0 bridgehead atoms. The van der Waals surface area contributed by atoms with E-state index >= 15 is 0 Å². The Labute approximate surface area is 83.6 Å². The molecule has 1 rings (SSSR count). The monoisotopic (exact) mass is 191 g/mol. The van der Waals surface area contributed by atoms with Crippen LogP contribution in [0.5, 0.6) is 5.75 Å². The number of benzene rings is 1. The summed E-state index contributed by atoms with van der Waals surface area (Å²) < 4.78 is 5.45. The molecule has 0 amide bonds. The third kappa shape index (κ3) is 2.75. The van der Waals surface area contributed by atoms with E-state index in [4.69, 9.17) is 15.1 Å². The Morgan fingerprint density at radius 3 is 2.50 bits per heavy atom. The molecule has 0 fully saturated rings. The standard InChI is InChI=1S/C11H13NO2/c1-2-10(8-13)14-11-5-3-9(7-12)4-6-11/h3-6,10,13H,2,8H2,1H3. The van der Waals surface area contributed by atoms with E-state index in [0.29, 0.717) is 11.3 Å². The lowest BCUT2D eigenvalue weighted by atomic mass is 10.2. The van der Waals surface area contributed by atoms with Gasteiger partial charge in [0.1, 0.15) is 11.9 Å². The molecule has 0 saturated heterocycles. The lowest BCUT2D eigenvalue weighted by Gasteiger charge is -2.14. The molecule has 1 unspecified atom stereocenters. The lowest BCUT2D eigenvalue weighted by Crippen LogP contribution is -2.19. The largest absolute Gasteiger partial charge is 0.488 e. The van der Waals surface area contributed by atoms with E-state index < -0.39 is 0 Å². The summed E-state index contributed by atoms with van der Waals surface area (Å²) in [6, 6.07) is 8.88. The third-order valence-electron chi connectivity index (χ3n) is 1.95. The highest BCUT2D eigenvalue weighted by molar-refractivity contribution is 5.34. The maximum absolute atomic E-state index is 8.91. The van der Waals surface area contributed by atoms with Crippen molar-refractivity contribution in [2.24, 2.45) is 0 Å². The smallest absolute Gasteiger partial charge is 0.121 e. The molecule has 0 heterocycles. The molecule has 0 radical (unpaired) electrons. The Hall–Kier alpha value is -1.53. The summed E-state index contributed by atoms with van der Waals surface area (Å²) in [5.41, 5.74) is 0.606. The summed E-state index contributed by atoms with van der Waals surface area (Å²) in [5.74, 6) is 0.685. The van der Waals surface area contributed by atoms with Crippen molar-refractivity contribution in [2.75, 3.05) is 6.61 Å². The van der Waals surface area contributed by atoms with Crippen LogP contribution in [-0.2, 0) is 0 Å². The Balaban J connectivity index is 2.64. The van der Waals surface area contributed by atoms with E-state index in [9.17, 15) is 0 Å². The Kier molecular flexibility index (Phi) is 3.96. The van der Waals surface area contributed by atoms with Gasteiger partial charge < -0.3 is 9.84 Å². The summed E-state index contributed by atoms with van der Waals surface area (Å²) in [5, 5.41) is 17.5. The average Bonchev–Trinajstić information content (AvgIpc) is 2.26. The fourth-order valence-electron chi connectivity index (χ4n) is 1.05. The van der Waals surface area contributed by atoms with Crippen LogP contribution >= 0.6 is 0 Å². The number of aliphatic hydroxyl groups excluding tert-OH is 1. The first-order chi connectivity index (χ1) is 6.80. The average molecular weight is 191 g/mol. The normalized spacial score (nSPS) is 11.8. The minimum absolute atomic E-state index is 0.0104. The van der Waals surface area contributed by atoms with E-state index in [1.165, 1.54) is 0 Å². The van der Waals surface area contributed by atoms with Crippen LogP contribution in [0.2, 0.25) is 0 Å². The van der Waals surface area contributed by atoms with E-state index in [-0.39, 0.29) is 12.7 Å². The van der Waals surface area contributed by atoms with Crippen molar-refractivity contribution >= 4 is 0 Å². The molecule has 1 N–H and O–H groups in total. The zero-order valence-electron chi connectivity index (χ0n) is 8.10. The highest BCUT2D eigenvalue weighted by atomic mass is 16.5. The number of hydrogen-bond acceptors (Lipinski definition) is 3. The predicted octanol–water partition coefficient (Wildman–Crippen LogP) is 1.71. The van der Waals surface area contributed by atoms with Crippen LogP contribution in [0.3, 0.4) is 0 Å². The van der Waals surface area contributed by atoms with Crippen molar-refractivity contribution in [1.29, 1.82) is 5.26 Å². The fraction of sp³-hybridized carbons (Fsp3) is 0.364. The number of ether oxygens (including phenoxy) is 1. The Bertz CT molecular complexity index is 309. The molecule has 3 nitrogen and oxygen atoms in total. The molecule has 0 aromatic heterocycles. The molecule has 1 atom stereocenters. The fourth-order valence-corrected chi connectivity index (χ4v) is 1.05. The topological polar surface area (TPSA) is 53.2 Å². The van der Waals surface area contributed by atoms with Gasteiger partial charge in [-0.1, -0.05) is 6.92 Å². The van der Waals surface area contributed by atoms with E-state index in [1.807, 2.05) is 13.0 Å². The Morgan fingerprint density at radius 1 is 1.43 bits per heavy atom. The molecule has 74 valence electrons. The van der Waals surface area contributed by atoms with Gasteiger partial charge in [0, 0.05) is 0 Å². The van der Waals surface area contributed by atoms with Crippen LogP contribution < -0.4 is 4.74 Å². The van der Waals surface area contributed by atoms with Gasteiger partial charge in [0.25, 0.3) is 0 Å². The van der Waals surface area contributed by atoms with E-state index in [1.54, 1.807) is 24.3 Å². The van der Waals surface area contributed by atoms with Gasteiger partial charge in [0.05, 0.1) is 18.2 Å². The SMILES string of the molecule is CCC(CO)Oc1ccc(C#N)cc1. The minimum Gasteiger partial charge on any atom is -0.488 e. The Morgan fingerprint density at radius 2 is 2.07 bits per heavy atom. The van der Waals surface area contributed by atoms with Crippen LogP contribution in [-0.4, -0.2) is 17.8 Å². The van der Waals surface area contributed by atoms with E-state index in [2.05, 4.69) is 0 Å². The first-order valence-corrected chi connectivity index (χ1v) is 4.57. The summed E-state index contributed by atoms with van der Waals surface area (Å²) in [4.78, 5) is 0. The molecule has 0 saturated carbocycles. The second-order valence-corrected chi connectivity index (χ2v) is 2.97. The molecule has 3 heteroatoms. The highest BCUT2D eigenvalue weighted by Crippen LogP contribution is 2.14. The van der Waals surface area contributed by atoms with Gasteiger partial charge in [0.2, 0.25) is 0 Å². The van der Waals surface area contributed by atoms with Gasteiger partial charge in [0.15, 0.2) is 0 Å². The molecule has 1 aromatic carbocycles. The van der Waals surface area contributed by atoms with Crippen molar-refractivity contribution in [3.63, 3.8) is 0 Å². The summed E-state index contributed by atoms with van der Waals surface area (Å²) in [6.07, 6.45) is 0.596. The first kappa shape index (κ1) is 10.6. The first-order valence-electron chi connectivity index (χ1n) is 4.57. The van der Waals surface area contributed by atoms with Gasteiger partial charge in [-0.25, -0.2) is 0 Å². The van der Waals surface area contributed by atoms with Gasteiger partial charge in [-0.3, -0.25) is 0 Å². The molecule has 0 aliphatic carbocycles. The van der Waals surface area contributed by atoms with Crippen molar-refractivity contribution in [1.82, 2.24) is 0 Å².